The molecule has 0 aliphatic heterocycles. The highest BCUT2D eigenvalue weighted by atomic mass is 16.5. The van der Waals surface area contributed by atoms with Crippen molar-refractivity contribution in [1.29, 1.82) is 0 Å². The summed E-state index contributed by atoms with van der Waals surface area (Å²) >= 11 is 0. The number of carbonyl (C=O) groups excluding carboxylic acids is 5. The zero-order valence-corrected chi connectivity index (χ0v) is 23.2. The Hall–Kier alpha value is -2.81. The first-order valence-electron chi connectivity index (χ1n) is 13.8. The maximum absolute atomic E-state index is 12.5. The van der Waals surface area contributed by atoms with Gasteiger partial charge in [0.1, 0.15) is 0 Å². The number of unbranched alkanes of at least 4 members (excludes halogenated alkanes) is 6. The van der Waals surface area contributed by atoms with Crippen molar-refractivity contribution in [3.63, 3.8) is 0 Å². The van der Waals surface area contributed by atoms with Gasteiger partial charge in [-0.05, 0) is 57.9 Å². The molecule has 0 aromatic heterocycles. The summed E-state index contributed by atoms with van der Waals surface area (Å²) in [4.78, 5) is 60.3. The fourth-order valence-corrected chi connectivity index (χ4v) is 3.67. The van der Waals surface area contributed by atoms with Crippen LogP contribution in [0.4, 0.5) is 0 Å². The highest BCUT2D eigenvalue weighted by Crippen LogP contribution is 2.07. The lowest BCUT2D eigenvalue weighted by molar-refractivity contribution is -0.166. The van der Waals surface area contributed by atoms with Gasteiger partial charge in [-0.3, -0.25) is 39.6 Å². The van der Waals surface area contributed by atoms with Gasteiger partial charge in [-0.2, -0.15) is 0 Å². The van der Waals surface area contributed by atoms with Gasteiger partial charge in [-0.25, -0.2) is 15.6 Å². The Balaban J connectivity index is 4.12. The molecule has 0 atom stereocenters. The lowest BCUT2D eigenvalue weighted by Crippen LogP contribution is -2.34. The summed E-state index contributed by atoms with van der Waals surface area (Å²) in [6.07, 6.45) is 6.13. The van der Waals surface area contributed by atoms with Gasteiger partial charge in [-0.1, -0.05) is 6.42 Å². The van der Waals surface area contributed by atoms with Gasteiger partial charge in [0.05, 0.1) is 0 Å². The molecule has 0 spiro atoms. The molecule has 5 amide bonds. The minimum absolute atomic E-state index is 0.000638. The molecule has 7 N–H and O–H groups in total. The molecule has 14 heteroatoms. The Morgan fingerprint density at radius 3 is 1.74 bits per heavy atom. The van der Waals surface area contributed by atoms with Crippen molar-refractivity contribution in [3.05, 3.63) is 0 Å². The smallest absolute Gasteiger partial charge is 0.246 e. The summed E-state index contributed by atoms with van der Waals surface area (Å²) in [5.74, 6) is -2.05. The van der Waals surface area contributed by atoms with E-state index >= 15 is 0 Å². The first-order chi connectivity index (χ1) is 18.6. The molecule has 0 aromatic rings. The van der Waals surface area contributed by atoms with E-state index in [1.807, 2.05) is 0 Å². The first-order valence-corrected chi connectivity index (χ1v) is 13.8. The van der Waals surface area contributed by atoms with E-state index in [1.165, 1.54) is 12.4 Å². The van der Waals surface area contributed by atoms with Crippen LogP contribution in [0.3, 0.4) is 0 Å². The van der Waals surface area contributed by atoms with Crippen molar-refractivity contribution >= 4 is 29.5 Å². The van der Waals surface area contributed by atoms with Gasteiger partial charge in [0.25, 0.3) is 0 Å². The Morgan fingerprint density at radius 2 is 1.15 bits per heavy atom. The molecule has 14 nitrogen and oxygen atoms in total. The topological polar surface area (TPSA) is 206 Å². The Bertz CT molecular complexity index is 739. The summed E-state index contributed by atoms with van der Waals surface area (Å²) < 4.78 is 0. The molecule has 226 valence electrons. The minimum Gasteiger partial charge on any atom is -0.356 e. The molecule has 0 heterocycles. The SMILES string of the molecule is CC(=O)N(O)CCCCCNC(=O)CCC(=O)N(O)CCCCCN(CCCCCN)C(=O)CCC(=O)NO. The van der Waals surface area contributed by atoms with Gasteiger partial charge in [0.2, 0.25) is 29.5 Å². The second-order valence-corrected chi connectivity index (χ2v) is 9.40. The zero-order chi connectivity index (χ0) is 29.5. The molecule has 0 bridgehead atoms. The van der Waals surface area contributed by atoms with E-state index in [1.54, 1.807) is 4.90 Å². The van der Waals surface area contributed by atoms with Crippen molar-refractivity contribution < 1.29 is 39.6 Å². The average Bonchev–Trinajstić information content (AvgIpc) is 2.92. The van der Waals surface area contributed by atoms with Crippen LogP contribution in [0.1, 0.15) is 90.4 Å². The molecule has 0 radical (unpaired) electrons. The second kappa shape index (κ2) is 23.1. The van der Waals surface area contributed by atoms with Crippen molar-refractivity contribution in [3.8, 4) is 0 Å². The number of hydroxylamine groups is 5. The van der Waals surface area contributed by atoms with Crippen molar-refractivity contribution in [2.24, 2.45) is 5.73 Å². The molecule has 0 saturated carbocycles. The predicted molar refractivity (Wildman–Crippen MR) is 141 cm³/mol. The molecular weight excluding hydrogens is 512 g/mol. The van der Waals surface area contributed by atoms with Gasteiger partial charge in [0, 0.05) is 65.3 Å². The first kappa shape index (κ1) is 36.2. The number of hydrogen-bond donors (Lipinski definition) is 6. The van der Waals surface area contributed by atoms with Crippen LogP contribution in [0, 0.1) is 0 Å². The number of nitrogens with zero attached hydrogens (tertiary/aromatic N) is 3. The quantitative estimate of drug-likeness (QED) is 0.0596. The number of carbonyl (C=O) groups is 5. The van der Waals surface area contributed by atoms with Gasteiger partial charge >= 0.3 is 0 Å². The summed E-state index contributed by atoms with van der Waals surface area (Å²) in [6.45, 7) is 3.66. The van der Waals surface area contributed by atoms with Crippen LogP contribution in [-0.4, -0.2) is 99.5 Å². The Labute approximate surface area is 230 Å². The number of amides is 5. The monoisotopic (exact) mass is 560 g/mol. The van der Waals surface area contributed by atoms with Crippen molar-refractivity contribution in [2.45, 2.75) is 90.4 Å². The lowest BCUT2D eigenvalue weighted by atomic mass is 10.1. The van der Waals surface area contributed by atoms with Crippen LogP contribution in [0.5, 0.6) is 0 Å². The van der Waals surface area contributed by atoms with Gasteiger partial charge in [-0.15, -0.1) is 0 Å². The van der Waals surface area contributed by atoms with Crippen molar-refractivity contribution in [2.75, 3.05) is 39.3 Å². The average molecular weight is 561 g/mol. The minimum atomic E-state index is -0.617. The molecule has 0 fully saturated rings. The molecule has 0 aliphatic rings. The maximum atomic E-state index is 12.5. The summed E-state index contributed by atoms with van der Waals surface area (Å²) in [5.41, 5.74) is 7.03. The highest BCUT2D eigenvalue weighted by molar-refractivity contribution is 5.83. The molecule has 0 saturated heterocycles. The number of nitrogens with one attached hydrogen (secondary N) is 2. The molecule has 0 aromatic carbocycles. The van der Waals surface area contributed by atoms with Crippen LogP contribution in [0.2, 0.25) is 0 Å². The molecule has 0 rings (SSSR count). The number of hydrogen-bond acceptors (Lipinski definition) is 9. The van der Waals surface area contributed by atoms with E-state index in [4.69, 9.17) is 10.9 Å². The van der Waals surface area contributed by atoms with E-state index in [2.05, 4.69) is 5.32 Å². The largest absolute Gasteiger partial charge is 0.356 e. The summed E-state index contributed by atoms with van der Waals surface area (Å²) in [7, 11) is 0. The third-order valence-electron chi connectivity index (χ3n) is 6.06. The van der Waals surface area contributed by atoms with Crippen LogP contribution >= 0.6 is 0 Å². The Kier molecular flexibility index (Phi) is 21.4. The summed E-state index contributed by atoms with van der Waals surface area (Å²) in [5, 5.41) is 31.8. The predicted octanol–water partition coefficient (Wildman–Crippen LogP) is 0.922. The number of nitrogens with two attached hydrogens (primary N) is 1. The zero-order valence-electron chi connectivity index (χ0n) is 23.2. The van der Waals surface area contributed by atoms with Crippen LogP contribution in [0.25, 0.3) is 0 Å². The lowest BCUT2D eigenvalue weighted by Gasteiger charge is -2.23. The van der Waals surface area contributed by atoms with E-state index in [-0.39, 0.29) is 50.6 Å². The van der Waals surface area contributed by atoms with Gasteiger partial charge < -0.3 is 16.0 Å². The highest BCUT2D eigenvalue weighted by Gasteiger charge is 2.16. The fourth-order valence-electron chi connectivity index (χ4n) is 3.67. The molecule has 0 aliphatic carbocycles. The van der Waals surface area contributed by atoms with Gasteiger partial charge in [0.15, 0.2) is 0 Å². The van der Waals surface area contributed by atoms with E-state index in [9.17, 15) is 34.4 Å². The molecule has 39 heavy (non-hydrogen) atoms. The Morgan fingerprint density at radius 1 is 0.641 bits per heavy atom. The molecule has 0 unspecified atom stereocenters. The number of rotatable bonds is 23. The standard InChI is InChI=1S/C25H48N6O8/c1-21(32)30(38)19-9-3-6-16-27-22(33)11-14-25(36)31(39)20-10-4-8-18-29(17-7-2-5-15-26)24(35)13-12-23(34)28-37/h37-39H,2-20,26H2,1H3,(H,27,33)(H,28,34). The van der Waals surface area contributed by atoms with Crippen LogP contribution < -0.4 is 16.5 Å². The van der Waals surface area contributed by atoms with Crippen molar-refractivity contribution in [1.82, 2.24) is 25.8 Å². The van der Waals surface area contributed by atoms with E-state index in [0.717, 1.165) is 25.7 Å². The van der Waals surface area contributed by atoms with E-state index in [0.29, 0.717) is 68.4 Å². The summed E-state index contributed by atoms with van der Waals surface area (Å²) in [6, 6.07) is 0. The maximum Gasteiger partial charge on any atom is 0.246 e. The second-order valence-electron chi connectivity index (χ2n) is 9.40. The molecular formula is C25H48N6O8. The fraction of sp³-hybridized carbons (Fsp3) is 0.800. The normalized spacial score (nSPS) is 10.6. The third-order valence-corrected chi connectivity index (χ3v) is 6.06. The van der Waals surface area contributed by atoms with E-state index < -0.39 is 17.7 Å². The van der Waals surface area contributed by atoms with Crippen LogP contribution in [0.15, 0.2) is 0 Å². The van der Waals surface area contributed by atoms with Crippen LogP contribution in [-0.2, 0) is 24.0 Å². The third kappa shape index (κ3) is 19.9.